The maximum absolute atomic E-state index is 9.19. The quantitative estimate of drug-likeness (QED) is 0.502. The van der Waals surface area contributed by atoms with E-state index in [2.05, 4.69) is 0 Å². The number of ether oxygens (including phenoxy) is 1. The molecule has 1 aliphatic rings. The molecule has 3 heteroatoms. The highest BCUT2D eigenvalue weighted by Gasteiger charge is 2.31. The molecule has 0 radical (unpaired) electrons. The summed E-state index contributed by atoms with van der Waals surface area (Å²) in [5, 5.41) is 18.4. The summed E-state index contributed by atoms with van der Waals surface area (Å²) in [7, 11) is 0. The summed E-state index contributed by atoms with van der Waals surface area (Å²) in [5.41, 5.74) is 0. The van der Waals surface area contributed by atoms with Crippen LogP contribution in [0.3, 0.4) is 0 Å². The second-order valence-electron chi connectivity index (χ2n) is 2.95. The van der Waals surface area contributed by atoms with Crippen molar-refractivity contribution in [2.24, 2.45) is 0 Å². The summed E-state index contributed by atoms with van der Waals surface area (Å²) in [6, 6.07) is 0. The zero-order valence-electron chi connectivity index (χ0n) is 6.32. The van der Waals surface area contributed by atoms with Crippen molar-refractivity contribution >= 4 is 0 Å². The Balaban J connectivity index is 2.49. The fourth-order valence-electron chi connectivity index (χ4n) is 1.29. The first-order chi connectivity index (χ1) is 4.61. The van der Waals surface area contributed by atoms with E-state index in [0.717, 1.165) is 0 Å². The van der Waals surface area contributed by atoms with Gasteiger partial charge in [-0.2, -0.15) is 0 Å². The minimum absolute atomic E-state index is 0.0633. The van der Waals surface area contributed by atoms with Gasteiger partial charge < -0.3 is 14.9 Å². The Morgan fingerprint density at radius 2 is 1.90 bits per heavy atom. The Hall–Kier alpha value is -0.120. The van der Waals surface area contributed by atoms with Crippen molar-refractivity contribution in [2.75, 3.05) is 0 Å². The van der Waals surface area contributed by atoms with E-state index in [9.17, 15) is 10.2 Å². The van der Waals surface area contributed by atoms with Crippen LogP contribution in [-0.4, -0.2) is 34.6 Å². The minimum Gasteiger partial charge on any atom is -0.390 e. The summed E-state index contributed by atoms with van der Waals surface area (Å²) < 4.78 is 5.26. The monoisotopic (exact) mass is 146 g/mol. The highest BCUT2D eigenvalue weighted by Crippen LogP contribution is 2.19. The van der Waals surface area contributed by atoms with Crippen molar-refractivity contribution < 1.29 is 14.9 Å². The predicted octanol–water partition coefficient (Wildman–Crippen LogP) is -0.0945. The average Bonchev–Trinajstić information content (AvgIpc) is 1.82. The minimum atomic E-state index is -0.712. The molecule has 4 atom stereocenters. The summed E-state index contributed by atoms with van der Waals surface area (Å²) in [5.74, 6) is 0. The summed E-state index contributed by atoms with van der Waals surface area (Å²) in [6.07, 6.45) is -0.965. The van der Waals surface area contributed by atoms with Gasteiger partial charge >= 0.3 is 0 Å². The van der Waals surface area contributed by atoms with Crippen LogP contribution >= 0.6 is 0 Å². The molecule has 0 aliphatic carbocycles. The number of hydrogen-bond donors (Lipinski definition) is 2. The van der Waals surface area contributed by atoms with Crippen LogP contribution in [0.2, 0.25) is 0 Å². The van der Waals surface area contributed by atoms with Gasteiger partial charge in [-0.05, 0) is 13.8 Å². The fraction of sp³-hybridized carbons (Fsp3) is 1.00. The Morgan fingerprint density at radius 3 is 2.40 bits per heavy atom. The smallest absolute Gasteiger partial charge is 0.106 e. The first-order valence-corrected chi connectivity index (χ1v) is 3.63. The van der Waals surface area contributed by atoms with E-state index < -0.39 is 12.2 Å². The molecule has 0 amide bonds. The van der Waals surface area contributed by atoms with Crippen molar-refractivity contribution in [3.8, 4) is 0 Å². The molecule has 0 aromatic rings. The molecule has 0 aromatic heterocycles. The SMILES string of the molecule is CC1O[C@@H](C)C[C@H](O)[C@H]1O. The van der Waals surface area contributed by atoms with Crippen LogP contribution in [0.4, 0.5) is 0 Å². The lowest BCUT2D eigenvalue weighted by Crippen LogP contribution is -2.45. The second-order valence-corrected chi connectivity index (χ2v) is 2.95. The summed E-state index contributed by atoms with van der Waals surface area (Å²) >= 11 is 0. The van der Waals surface area contributed by atoms with Crippen LogP contribution in [0.5, 0.6) is 0 Å². The van der Waals surface area contributed by atoms with Gasteiger partial charge in [0.05, 0.1) is 18.3 Å². The van der Waals surface area contributed by atoms with Crippen molar-refractivity contribution in [1.82, 2.24) is 0 Å². The maximum atomic E-state index is 9.19. The molecule has 3 nitrogen and oxygen atoms in total. The van der Waals surface area contributed by atoms with E-state index in [1.54, 1.807) is 6.92 Å². The second kappa shape index (κ2) is 2.86. The summed E-state index contributed by atoms with van der Waals surface area (Å²) in [6.45, 7) is 3.66. The zero-order chi connectivity index (χ0) is 7.72. The largest absolute Gasteiger partial charge is 0.390 e. The third kappa shape index (κ3) is 1.48. The lowest BCUT2D eigenvalue weighted by molar-refractivity contribution is -0.156. The van der Waals surface area contributed by atoms with E-state index in [-0.39, 0.29) is 12.2 Å². The van der Waals surface area contributed by atoms with E-state index in [0.29, 0.717) is 6.42 Å². The van der Waals surface area contributed by atoms with Gasteiger partial charge in [-0.15, -0.1) is 0 Å². The molecule has 1 aliphatic heterocycles. The van der Waals surface area contributed by atoms with Gasteiger partial charge in [0.1, 0.15) is 6.10 Å². The third-order valence-corrected chi connectivity index (χ3v) is 1.90. The molecule has 0 spiro atoms. The Labute approximate surface area is 60.6 Å². The molecule has 1 rings (SSSR count). The average molecular weight is 146 g/mol. The van der Waals surface area contributed by atoms with E-state index >= 15 is 0 Å². The molecule has 0 aromatic carbocycles. The molecule has 1 unspecified atom stereocenters. The Kier molecular flexibility index (Phi) is 2.28. The van der Waals surface area contributed by atoms with E-state index in [1.807, 2.05) is 6.92 Å². The zero-order valence-corrected chi connectivity index (χ0v) is 6.32. The van der Waals surface area contributed by atoms with E-state index in [1.165, 1.54) is 0 Å². The van der Waals surface area contributed by atoms with Crippen molar-refractivity contribution in [3.63, 3.8) is 0 Å². The maximum Gasteiger partial charge on any atom is 0.106 e. The van der Waals surface area contributed by atoms with Crippen LogP contribution < -0.4 is 0 Å². The topological polar surface area (TPSA) is 49.7 Å². The fourth-order valence-corrected chi connectivity index (χ4v) is 1.29. The number of rotatable bonds is 0. The normalized spacial score (nSPS) is 49.2. The molecule has 0 saturated carbocycles. The van der Waals surface area contributed by atoms with Gasteiger partial charge in [-0.1, -0.05) is 0 Å². The Morgan fingerprint density at radius 1 is 1.30 bits per heavy atom. The molecule has 1 heterocycles. The van der Waals surface area contributed by atoms with Crippen molar-refractivity contribution in [2.45, 2.75) is 44.7 Å². The standard InChI is InChI=1S/C7H14O3/c1-4-3-6(8)7(9)5(2)10-4/h4-9H,3H2,1-2H3/t4-,5?,6-,7-/m0/s1. The Bertz CT molecular complexity index is 103. The first-order valence-electron chi connectivity index (χ1n) is 3.63. The lowest BCUT2D eigenvalue weighted by atomic mass is 10.00. The van der Waals surface area contributed by atoms with Gasteiger partial charge in [0.25, 0.3) is 0 Å². The lowest BCUT2D eigenvalue weighted by Gasteiger charge is -2.33. The third-order valence-electron chi connectivity index (χ3n) is 1.90. The molecule has 60 valence electrons. The van der Waals surface area contributed by atoms with E-state index in [4.69, 9.17) is 4.74 Å². The van der Waals surface area contributed by atoms with Gasteiger partial charge in [0, 0.05) is 6.42 Å². The van der Waals surface area contributed by atoms with Crippen LogP contribution in [0.25, 0.3) is 0 Å². The first kappa shape index (κ1) is 7.98. The molecule has 2 N–H and O–H groups in total. The predicted molar refractivity (Wildman–Crippen MR) is 36.6 cm³/mol. The molecule has 1 fully saturated rings. The van der Waals surface area contributed by atoms with Crippen molar-refractivity contribution in [1.29, 1.82) is 0 Å². The summed E-state index contributed by atoms with van der Waals surface area (Å²) in [4.78, 5) is 0. The molecule has 10 heavy (non-hydrogen) atoms. The van der Waals surface area contributed by atoms with Crippen LogP contribution in [0.15, 0.2) is 0 Å². The van der Waals surface area contributed by atoms with Gasteiger partial charge in [-0.3, -0.25) is 0 Å². The molecular weight excluding hydrogens is 132 g/mol. The number of hydrogen-bond acceptors (Lipinski definition) is 3. The van der Waals surface area contributed by atoms with Gasteiger partial charge in [0.15, 0.2) is 0 Å². The highest BCUT2D eigenvalue weighted by molar-refractivity contribution is 4.80. The number of aliphatic hydroxyl groups is 2. The molecule has 0 bridgehead atoms. The van der Waals surface area contributed by atoms with Gasteiger partial charge in [0.2, 0.25) is 0 Å². The van der Waals surface area contributed by atoms with Crippen LogP contribution in [-0.2, 0) is 4.74 Å². The van der Waals surface area contributed by atoms with Crippen LogP contribution in [0.1, 0.15) is 20.3 Å². The molecule has 1 saturated heterocycles. The van der Waals surface area contributed by atoms with Gasteiger partial charge in [-0.25, -0.2) is 0 Å². The van der Waals surface area contributed by atoms with Crippen LogP contribution in [0, 0.1) is 0 Å². The number of aliphatic hydroxyl groups excluding tert-OH is 2. The molecular formula is C7H14O3. The van der Waals surface area contributed by atoms with Crippen molar-refractivity contribution in [3.05, 3.63) is 0 Å². The highest BCUT2D eigenvalue weighted by atomic mass is 16.5.